The van der Waals surface area contributed by atoms with Gasteiger partial charge < -0.3 is 20.0 Å². The van der Waals surface area contributed by atoms with Crippen LogP contribution < -0.4 is 0 Å². The monoisotopic (exact) mass is 258 g/mol. The molecule has 102 valence electrons. The van der Waals surface area contributed by atoms with Crippen LogP contribution in [0.5, 0.6) is 0 Å². The fourth-order valence-corrected chi connectivity index (χ4v) is 2.00. The number of hydrogen-bond donors (Lipinski definition) is 2. The highest BCUT2D eigenvalue weighted by molar-refractivity contribution is 5.84. The Hall–Kier alpha value is -1.79. The fraction of sp³-hybridized carbons (Fsp3) is 0.727. The van der Waals surface area contributed by atoms with E-state index >= 15 is 0 Å². The fourth-order valence-electron chi connectivity index (χ4n) is 2.00. The van der Waals surface area contributed by atoms with E-state index in [0.29, 0.717) is 24.9 Å². The van der Waals surface area contributed by atoms with Crippen LogP contribution in [0.15, 0.2) is 0 Å². The summed E-state index contributed by atoms with van der Waals surface area (Å²) in [6, 6.07) is -0.518. The Morgan fingerprint density at radius 3 is 1.78 bits per heavy atom. The standard InChI is InChI=1S/C11H18N2O5/c1-7-3-12(4-8(7)2)11(18)13(5-9(14)15)6-10(16)17/h7-8H,3-6H2,1-2H3,(H,14,15)(H,16,17). The molecule has 2 amide bonds. The van der Waals surface area contributed by atoms with Crippen LogP contribution in [0.1, 0.15) is 13.8 Å². The third-order valence-electron chi connectivity index (χ3n) is 3.18. The Kier molecular flexibility index (Phi) is 4.52. The summed E-state index contributed by atoms with van der Waals surface area (Å²) in [6.45, 7) is 3.91. The van der Waals surface area contributed by atoms with E-state index in [-0.39, 0.29) is 0 Å². The SMILES string of the molecule is CC1CN(C(=O)N(CC(=O)O)CC(=O)O)CC1C. The number of carbonyl (C=O) groups is 3. The molecule has 1 fully saturated rings. The number of urea groups is 1. The van der Waals surface area contributed by atoms with Gasteiger partial charge in [0.15, 0.2) is 0 Å². The Morgan fingerprint density at radius 1 is 1.06 bits per heavy atom. The third-order valence-corrected chi connectivity index (χ3v) is 3.18. The minimum Gasteiger partial charge on any atom is -0.480 e. The van der Waals surface area contributed by atoms with E-state index in [1.165, 1.54) is 4.90 Å². The van der Waals surface area contributed by atoms with Crippen molar-refractivity contribution >= 4 is 18.0 Å². The van der Waals surface area contributed by atoms with E-state index in [4.69, 9.17) is 10.2 Å². The van der Waals surface area contributed by atoms with Crippen molar-refractivity contribution in [1.82, 2.24) is 9.80 Å². The van der Waals surface area contributed by atoms with Crippen molar-refractivity contribution < 1.29 is 24.6 Å². The van der Waals surface area contributed by atoms with Crippen LogP contribution in [0.4, 0.5) is 4.79 Å². The van der Waals surface area contributed by atoms with Gasteiger partial charge in [-0.25, -0.2) is 4.79 Å². The Bertz CT molecular complexity index is 331. The highest BCUT2D eigenvalue weighted by Crippen LogP contribution is 2.23. The van der Waals surface area contributed by atoms with Crippen LogP contribution in [-0.2, 0) is 9.59 Å². The molecule has 1 aliphatic rings. The average Bonchev–Trinajstić information content (AvgIpc) is 2.56. The minimum atomic E-state index is -1.22. The first-order chi connectivity index (χ1) is 8.31. The molecule has 1 heterocycles. The summed E-state index contributed by atoms with van der Waals surface area (Å²) in [6.07, 6.45) is 0. The maximum atomic E-state index is 12.0. The van der Waals surface area contributed by atoms with E-state index in [1.54, 1.807) is 0 Å². The molecule has 2 atom stereocenters. The molecule has 1 aliphatic heterocycles. The number of nitrogens with zero attached hydrogens (tertiary/aromatic N) is 2. The van der Waals surface area contributed by atoms with Crippen molar-refractivity contribution in [3.63, 3.8) is 0 Å². The van der Waals surface area contributed by atoms with Gasteiger partial charge in [-0.05, 0) is 11.8 Å². The van der Waals surface area contributed by atoms with Crippen molar-refractivity contribution in [1.29, 1.82) is 0 Å². The number of carboxylic acids is 2. The van der Waals surface area contributed by atoms with Crippen LogP contribution in [0.3, 0.4) is 0 Å². The second kappa shape index (κ2) is 5.70. The van der Waals surface area contributed by atoms with Gasteiger partial charge in [0.1, 0.15) is 13.1 Å². The summed E-state index contributed by atoms with van der Waals surface area (Å²) in [5.74, 6) is -1.76. The lowest BCUT2D eigenvalue weighted by molar-refractivity contribution is -0.140. The molecule has 0 aromatic heterocycles. The molecule has 2 unspecified atom stereocenters. The molecule has 2 N–H and O–H groups in total. The lowest BCUT2D eigenvalue weighted by Crippen LogP contribution is -2.46. The van der Waals surface area contributed by atoms with Crippen LogP contribution >= 0.6 is 0 Å². The van der Waals surface area contributed by atoms with Crippen LogP contribution in [0, 0.1) is 11.8 Å². The summed E-state index contributed by atoms with van der Waals surface area (Å²) in [5.41, 5.74) is 0. The topological polar surface area (TPSA) is 98.2 Å². The molecule has 0 aromatic rings. The number of likely N-dealkylation sites (tertiary alicyclic amines) is 1. The molecule has 18 heavy (non-hydrogen) atoms. The van der Waals surface area contributed by atoms with Crippen molar-refractivity contribution in [3.8, 4) is 0 Å². The molecule has 7 nitrogen and oxygen atoms in total. The molecular formula is C11H18N2O5. The van der Waals surface area contributed by atoms with Gasteiger partial charge in [-0.3, -0.25) is 9.59 Å². The van der Waals surface area contributed by atoms with E-state index in [1.807, 2.05) is 13.8 Å². The van der Waals surface area contributed by atoms with Gasteiger partial charge in [0.2, 0.25) is 0 Å². The van der Waals surface area contributed by atoms with Gasteiger partial charge in [-0.1, -0.05) is 13.8 Å². The van der Waals surface area contributed by atoms with Gasteiger partial charge in [-0.2, -0.15) is 0 Å². The van der Waals surface area contributed by atoms with Crippen LogP contribution in [0.25, 0.3) is 0 Å². The van der Waals surface area contributed by atoms with Crippen LogP contribution in [0.2, 0.25) is 0 Å². The summed E-state index contributed by atoms with van der Waals surface area (Å²) < 4.78 is 0. The second-order valence-corrected chi connectivity index (χ2v) is 4.79. The van der Waals surface area contributed by atoms with Gasteiger partial charge in [0.25, 0.3) is 0 Å². The predicted molar refractivity (Wildman–Crippen MR) is 62.1 cm³/mol. The molecule has 1 saturated heterocycles. The van der Waals surface area contributed by atoms with Crippen LogP contribution in [-0.4, -0.2) is 64.2 Å². The lowest BCUT2D eigenvalue weighted by atomic mass is 10.0. The smallest absolute Gasteiger partial charge is 0.323 e. The minimum absolute atomic E-state index is 0.338. The molecule has 0 radical (unpaired) electrons. The van der Waals surface area contributed by atoms with Crippen molar-refractivity contribution in [2.45, 2.75) is 13.8 Å². The zero-order valence-electron chi connectivity index (χ0n) is 10.5. The molecule has 0 saturated carbocycles. The quantitative estimate of drug-likeness (QED) is 0.748. The van der Waals surface area contributed by atoms with Crippen molar-refractivity contribution in [3.05, 3.63) is 0 Å². The summed E-state index contributed by atoms with van der Waals surface area (Å²) in [5, 5.41) is 17.4. The van der Waals surface area contributed by atoms with Gasteiger partial charge in [-0.15, -0.1) is 0 Å². The maximum Gasteiger partial charge on any atom is 0.323 e. The zero-order valence-corrected chi connectivity index (χ0v) is 10.5. The summed E-state index contributed by atoms with van der Waals surface area (Å²) in [7, 11) is 0. The molecular weight excluding hydrogens is 240 g/mol. The molecule has 0 bridgehead atoms. The van der Waals surface area contributed by atoms with E-state index < -0.39 is 31.1 Å². The summed E-state index contributed by atoms with van der Waals surface area (Å²) in [4.78, 5) is 35.7. The number of hydrogen-bond acceptors (Lipinski definition) is 3. The zero-order chi connectivity index (χ0) is 13.9. The average molecular weight is 258 g/mol. The Labute approximate surface area is 105 Å². The summed E-state index contributed by atoms with van der Waals surface area (Å²) >= 11 is 0. The Balaban J connectivity index is 2.70. The second-order valence-electron chi connectivity index (χ2n) is 4.79. The van der Waals surface area contributed by atoms with E-state index in [9.17, 15) is 14.4 Å². The normalized spacial score (nSPS) is 22.9. The highest BCUT2D eigenvalue weighted by atomic mass is 16.4. The predicted octanol–water partition coefficient (Wildman–Crippen LogP) is 0.165. The number of carboxylic acid groups (broad SMARTS) is 2. The van der Waals surface area contributed by atoms with Crippen molar-refractivity contribution in [2.75, 3.05) is 26.2 Å². The van der Waals surface area contributed by atoms with E-state index in [0.717, 1.165) is 4.90 Å². The third kappa shape index (κ3) is 3.61. The first kappa shape index (κ1) is 14.3. The van der Waals surface area contributed by atoms with Gasteiger partial charge >= 0.3 is 18.0 Å². The highest BCUT2D eigenvalue weighted by Gasteiger charge is 2.33. The number of carbonyl (C=O) groups excluding carboxylic acids is 1. The molecule has 0 aromatic carbocycles. The van der Waals surface area contributed by atoms with Crippen molar-refractivity contribution in [2.24, 2.45) is 11.8 Å². The molecule has 0 spiro atoms. The first-order valence-corrected chi connectivity index (χ1v) is 5.78. The largest absolute Gasteiger partial charge is 0.480 e. The number of rotatable bonds is 4. The van der Waals surface area contributed by atoms with E-state index in [2.05, 4.69) is 0 Å². The number of amides is 2. The molecule has 1 rings (SSSR count). The van der Waals surface area contributed by atoms with Gasteiger partial charge in [0.05, 0.1) is 0 Å². The Morgan fingerprint density at radius 2 is 1.44 bits per heavy atom. The molecule has 7 heteroatoms. The molecule has 0 aliphatic carbocycles. The number of aliphatic carboxylic acids is 2. The maximum absolute atomic E-state index is 12.0. The first-order valence-electron chi connectivity index (χ1n) is 5.78. The lowest BCUT2D eigenvalue weighted by Gasteiger charge is -2.25. The van der Waals surface area contributed by atoms with Gasteiger partial charge in [0, 0.05) is 13.1 Å².